The first kappa shape index (κ1) is 16.1. The lowest BCUT2D eigenvalue weighted by Gasteiger charge is -2.41. The van der Waals surface area contributed by atoms with E-state index in [9.17, 15) is 4.79 Å². The average molecular weight is 329 g/mol. The smallest absolute Gasteiger partial charge is 0.225 e. The predicted molar refractivity (Wildman–Crippen MR) is 93.9 cm³/mol. The van der Waals surface area contributed by atoms with Crippen molar-refractivity contribution in [1.82, 2.24) is 5.32 Å². The molecule has 0 saturated heterocycles. The van der Waals surface area contributed by atoms with Crippen molar-refractivity contribution in [3.05, 3.63) is 52.2 Å². The fourth-order valence-electron chi connectivity index (χ4n) is 3.25. The van der Waals surface area contributed by atoms with Crippen LogP contribution in [0.5, 0.6) is 5.75 Å². The Balaban J connectivity index is 1.80. The number of amides is 1. The predicted octanol–water partition coefficient (Wildman–Crippen LogP) is 4.49. The quantitative estimate of drug-likeness (QED) is 0.878. The van der Waals surface area contributed by atoms with Crippen LogP contribution in [-0.4, -0.2) is 11.5 Å². The molecule has 1 aliphatic rings. The molecule has 1 N–H and O–H groups in total. The van der Waals surface area contributed by atoms with Crippen molar-refractivity contribution in [2.24, 2.45) is 0 Å². The van der Waals surface area contributed by atoms with E-state index in [0.717, 1.165) is 35.5 Å². The van der Waals surface area contributed by atoms with Crippen LogP contribution in [0.2, 0.25) is 0 Å². The van der Waals surface area contributed by atoms with E-state index < -0.39 is 0 Å². The Hall–Kier alpha value is -1.81. The van der Waals surface area contributed by atoms with Gasteiger partial charge < -0.3 is 10.1 Å². The molecule has 3 nitrogen and oxygen atoms in total. The number of rotatable bonds is 5. The molecule has 1 aromatic heterocycles. The summed E-state index contributed by atoms with van der Waals surface area (Å²) < 4.78 is 6.29. The van der Waals surface area contributed by atoms with Gasteiger partial charge in [0, 0.05) is 16.9 Å². The van der Waals surface area contributed by atoms with Crippen molar-refractivity contribution in [2.45, 2.75) is 51.2 Å². The Bertz CT molecular complexity index is 662. The molecule has 1 amide bonds. The van der Waals surface area contributed by atoms with Crippen molar-refractivity contribution < 1.29 is 9.53 Å². The monoisotopic (exact) mass is 329 g/mol. The Morgan fingerprint density at radius 1 is 1.26 bits per heavy atom. The van der Waals surface area contributed by atoms with Crippen molar-refractivity contribution in [1.29, 1.82) is 0 Å². The highest BCUT2D eigenvalue weighted by Gasteiger charge is 2.38. The van der Waals surface area contributed by atoms with Crippen LogP contribution in [-0.2, 0) is 11.2 Å². The maximum absolute atomic E-state index is 12.4. The molecule has 0 spiro atoms. The van der Waals surface area contributed by atoms with Crippen LogP contribution in [0.4, 0.5) is 0 Å². The highest BCUT2D eigenvalue weighted by atomic mass is 32.1. The van der Waals surface area contributed by atoms with Crippen LogP contribution in [0.1, 0.15) is 49.6 Å². The number of carbonyl (C=O) groups excluding carboxylic acids is 1. The van der Waals surface area contributed by atoms with Crippen molar-refractivity contribution in [3.8, 4) is 5.75 Å². The van der Waals surface area contributed by atoms with Crippen LogP contribution in [0, 0.1) is 0 Å². The summed E-state index contributed by atoms with van der Waals surface area (Å²) in [6.45, 7) is 4.31. The Labute approximate surface area is 141 Å². The molecule has 0 radical (unpaired) electrons. The molecule has 23 heavy (non-hydrogen) atoms. The van der Waals surface area contributed by atoms with Crippen molar-refractivity contribution in [2.75, 3.05) is 0 Å². The third-order valence-corrected chi connectivity index (χ3v) is 5.61. The van der Waals surface area contributed by atoms with Gasteiger partial charge in [0.25, 0.3) is 0 Å². The Morgan fingerprint density at radius 2 is 2.04 bits per heavy atom. The summed E-state index contributed by atoms with van der Waals surface area (Å²) in [5.41, 5.74) is 0.902. The van der Waals surface area contributed by atoms with E-state index in [0.29, 0.717) is 6.42 Å². The molecule has 1 atom stereocenters. The van der Waals surface area contributed by atoms with Gasteiger partial charge in [-0.1, -0.05) is 38.1 Å². The fourth-order valence-corrected chi connectivity index (χ4v) is 3.95. The van der Waals surface area contributed by atoms with E-state index in [1.165, 1.54) is 0 Å². The number of hydrogen-bond donors (Lipinski definition) is 1. The molecule has 1 aliphatic heterocycles. The number of nitrogens with one attached hydrogen (secondary N) is 1. The van der Waals surface area contributed by atoms with E-state index in [-0.39, 0.29) is 17.6 Å². The maximum Gasteiger partial charge on any atom is 0.225 e. The number of carbonyl (C=O) groups is 1. The largest absolute Gasteiger partial charge is 0.487 e. The van der Waals surface area contributed by atoms with Gasteiger partial charge in [0.05, 0.1) is 12.5 Å². The molecule has 122 valence electrons. The fraction of sp³-hybridized carbons (Fsp3) is 0.421. The third kappa shape index (κ3) is 3.42. The minimum Gasteiger partial charge on any atom is -0.487 e. The molecule has 2 aromatic rings. The first-order valence-corrected chi connectivity index (χ1v) is 9.13. The second-order valence-corrected chi connectivity index (χ2v) is 7.14. The Kier molecular flexibility index (Phi) is 4.71. The van der Waals surface area contributed by atoms with Crippen LogP contribution < -0.4 is 10.1 Å². The molecule has 2 heterocycles. The van der Waals surface area contributed by atoms with E-state index in [2.05, 4.69) is 25.2 Å². The van der Waals surface area contributed by atoms with E-state index >= 15 is 0 Å². The molecular formula is C19H23NO2S. The lowest BCUT2D eigenvalue weighted by atomic mass is 9.83. The molecule has 1 aromatic carbocycles. The number of thiophene rings is 1. The second-order valence-electron chi connectivity index (χ2n) is 6.11. The Morgan fingerprint density at radius 3 is 2.74 bits per heavy atom. The first-order valence-electron chi connectivity index (χ1n) is 8.25. The minimum absolute atomic E-state index is 0.0207. The van der Waals surface area contributed by atoms with Gasteiger partial charge in [0.2, 0.25) is 5.91 Å². The summed E-state index contributed by atoms with van der Waals surface area (Å²) in [6, 6.07) is 12.1. The lowest BCUT2D eigenvalue weighted by molar-refractivity contribution is -0.121. The molecule has 0 fully saturated rings. The van der Waals surface area contributed by atoms with E-state index in [1.807, 2.05) is 35.7 Å². The molecule has 0 unspecified atom stereocenters. The normalized spacial score (nSPS) is 18.8. The van der Waals surface area contributed by atoms with Gasteiger partial charge in [0.1, 0.15) is 11.4 Å². The lowest BCUT2D eigenvalue weighted by Crippen LogP contribution is -2.44. The van der Waals surface area contributed by atoms with Crippen LogP contribution in [0.15, 0.2) is 41.8 Å². The summed E-state index contributed by atoms with van der Waals surface area (Å²) in [6.07, 6.45) is 3.15. The van der Waals surface area contributed by atoms with Crippen molar-refractivity contribution in [3.63, 3.8) is 0 Å². The zero-order valence-corrected chi connectivity index (χ0v) is 14.5. The maximum atomic E-state index is 12.4. The van der Waals surface area contributed by atoms with Crippen LogP contribution >= 0.6 is 11.3 Å². The van der Waals surface area contributed by atoms with Gasteiger partial charge in [-0.15, -0.1) is 11.3 Å². The zero-order valence-electron chi connectivity index (χ0n) is 13.7. The van der Waals surface area contributed by atoms with E-state index in [4.69, 9.17) is 4.74 Å². The second kappa shape index (κ2) is 6.75. The van der Waals surface area contributed by atoms with Crippen molar-refractivity contribution >= 4 is 17.2 Å². The summed E-state index contributed by atoms with van der Waals surface area (Å²) >= 11 is 1.62. The summed E-state index contributed by atoms with van der Waals surface area (Å²) in [4.78, 5) is 13.5. The van der Waals surface area contributed by atoms with Crippen LogP contribution in [0.3, 0.4) is 0 Å². The molecule has 0 saturated carbocycles. The minimum atomic E-state index is -0.185. The number of hydrogen-bond acceptors (Lipinski definition) is 3. The van der Waals surface area contributed by atoms with Gasteiger partial charge in [-0.3, -0.25) is 4.79 Å². The number of ether oxygens (including phenoxy) is 1. The molecule has 4 heteroatoms. The summed E-state index contributed by atoms with van der Waals surface area (Å²) in [7, 11) is 0. The molecule has 0 bridgehead atoms. The molecule has 3 rings (SSSR count). The van der Waals surface area contributed by atoms with Gasteiger partial charge in [0.15, 0.2) is 0 Å². The van der Waals surface area contributed by atoms with Gasteiger partial charge in [-0.2, -0.15) is 0 Å². The number of fused-ring (bicyclic) bond motifs is 1. The molecule has 0 aliphatic carbocycles. The third-order valence-electron chi connectivity index (χ3n) is 4.74. The zero-order chi connectivity index (χ0) is 16.3. The molecular weight excluding hydrogens is 306 g/mol. The van der Waals surface area contributed by atoms with Gasteiger partial charge in [-0.05, 0) is 30.4 Å². The van der Waals surface area contributed by atoms with E-state index in [1.54, 1.807) is 11.3 Å². The summed E-state index contributed by atoms with van der Waals surface area (Å²) in [5, 5.41) is 5.23. The average Bonchev–Trinajstić information content (AvgIpc) is 3.07. The summed E-state index contributed by atoms with van der Waals surface area (Å²) in [5.74, 6) is 0.985. The van der Waals surface area contributed by atoms with Gasteiger partial charge >= 0.3 is 0 Å². The number of para-hydroxylation sites is 1. The topological polar surface area (TPSA) is 38.3 Å². The van der Waals surface area contributed by atoms with Crippen LogP contribution in [0.25, 0.3) is 0 Å². The standard InChI is InChI=1S/C19H23NO2S/c1-3-19(4-2)13-16(15-9-5-6-10-17(15)22-19)20-18(21)12-14-8-7-11-23-14/h5-11,16H,3-4,12-13H2,1-2H3,(H,20,21)/t16-/m1/s1. The SMILES string of the molecule is CCC1(CC)C[C@@H](NC(=O)Cc2cccs2)c2ccccc2O1. The van der Waals surface area contributed by atoms with Gasteiger partial charge in [-0.25, -0.2) is 0 Å². The number of benzene rings is 1. The highest BCUT2D eigenvalue weighted by Crippen LogP contribution is 2.42. The highest BCUT2D eigenvalue weighted by molar-refractivity contribution is 7.10. The first-order chi connectivity index (χ1) is 11.2.